The van der Waals surface area contributed by atoms with Crippen LogP contribution >= 0.6 is 23.5 Å². The van der Waals surface area contributed by atoms with Crippen molar-refractivity contribution in [3.63, 3.8) is 0 Å². The average Bonchev–Trinajstić information content (AvgIpc) is 2.96. The lowest BCUT2D eigenvalue weighted by atomic mass is 10.1. The largest absolute Gasteiger partial charge is 0.394 e. The van der Waals surface area contributed by atoms with Crippen LogP contribution in [0.3, 0.4) is 0 Å². The zero-order chi connectivity index (χ0) is 32.3. The van der Waals surface area contributed by atoms with Crippen molar-refractivity contribution in [1.29, 1.82) is 0 Å². The number of hydrogen-bond donors (Lipinski definition) is 10. The van der Waals surface area contributed by atoms with Crippen molar-refractivity contribution in [3.8, 4) is 0 Å². The van der Waals surface area contributed by atoms with Gasteiger partial charge in [-0.15, -0.1) is 23.5 Å². The summed E-state index contributed by atoms with van der Waals surface area (Å²) in [6, 6.07) is 0. The van der Waals surface area contributed by atoms with E-state index in [1.807, 2.05) is 0 Å². The second-order valence-electron chi connectivity index (χ2n) is 8.44. The topological polar surface area (TPSA) is 272 Å². The molecule has 2 heterocycles. The van der Waals surface area contributed by atoms with Crippen LogP contribution in [0.4, 0.5) is 8.78 Å². The van der Waals surface area contributed by atoms with Crippen molar-refractivity contribution in [2.24, 2.45) is 0 Å². The van der Waals surface area contributed by atoms with Gasteiger partial charge in [-0.05, 0) is 11.5 Å². The van der Waals surface area contributed by atoms with Crippen molar-refractivity contribution in [3.05, 3.63) is 65.7 Å². The highest BCUT2D eigenvalue weighted by Crippen LogP contribution is 2.28. The zero-order valence-corrected chi connectivity index (χ0v) is 23.9. The fraction of sp³-hybridized carbons (Fsp3) is 0.636. The maximum atomic E-state index is 13.3. The number of nitrogens with zero attached hydrogens (tertiary/aromatic N) is 2. The zero-order valence-electron chi connectivity index (χ0n) is 22.3. The normalized spacial score (nSPS) is 17.2. The Kier molecular flexibility index (Phi) is 15.8. The van der Waals surface area contributed by atoms with Crippen LogP contribution < -0.4 is 22.5 Å². The Morgan fingerprint density at radius 1 is 0.667 bits per heavy atom. The predicted molar refractivity (Wildman–Crippen MR) is 147 cm³/mol. The average molecular weight is 649 g/mol. The first-order valence-corrected chi connectivity index (χ1v) is 14.3. The maximum absolute atomic E-state index is 13.3. The Hall–Kier alpha value is -2.40. The molecule has 0 saturated heterocycles. The number of aliphatic hydroxyl groups is 8. The van der Waals surface area contributed by atoms with E-state index in [1.165, 1.54) is 0 Å². The van der Waals surface area contributed by atoms with Gasteiger partial charge in [0.15, 0.2) is 0 Å². The van der Waals surface area contributed by atoms with Gasteiger partial charge < -0.3 is 40.9 Å². The maximum Gasteiger partial charge on any atom is 0.329 e. The molecule has 0 aliphatic rings. The summed E-state index contributed by atoms with van der Waals surface area (Å²) in [7, 11) is 0. The molecule has 0 aliphatic carbocycles. The number of thioether (sulfide) groups is 2. The van der Waals surface area contributed by atoms with Crippen LogP contribution in [0, 0.1) is 11.6 Å². The number of aliphatic hydroxyl groups excluding tert-OH is 8. The molecule has 0 radical (unpaired) electrons. The molecule has 0 amide bonds. The molecule has 42 heavy (non-hydrogen) atoms. The molecule has 20 heteroatoms. The van der Waals surface area contributed by atoms with Crippen LogP contribution in [-0.2, 0) is 0 Å². The number of H-pyrrole nitrogens is 2. The van der Waals surface area contributed by atoms with E-state index < -0.39 is 94.7 Å². The number of halogens is 2. The Bertz CT molecular complexity index is 1250. The lowest BCUT2D eigenvalue weighted by Crippen LogP contribution is -2.46. The molecule has 10 N–H and O–H groups in total. The number of aromatic amines is 2. The highest BCUT2D eigenvalue weighted by atomic mass is 32.2. The van der Waals surface area contributed by atoms with E-state index in [2.05, 4.69) is 0 Å². The van der Waals surface area contributed by atoms with Gasteiger partial charge in [0.2, 0.25) is 11.6 Å². The van der Waals surface area contributed by atoms with Crippen molar-refractivity contribution in [2.45, 2.75) is 61.2 Å². The molecule has 16 nitrogen and oxygen atoms in total. The molecule has 8 unspecified atom stereocenters. The smallest absolute Gasteiger partial charge is 0.329 e. The standard InChI is InChI=1S/2C11H17FN2O6S/c2*1-2-21-10(8(18)7(17)6(16)4-15)14-3-5(12)9(19)13-11(14)20/h2*3,6-8,10,15-18H,2,4H2,1H3,(H,13,19,20). The Labute approximate surface area is 243 Å². The van der Waals surface area contributed by atoms with Gasteiger partial charge in [-0.2, -0.15) is 8.78 Å². The van der Waals surface area contributed by atoms with Crippen LogP contribution in [0.5, 0.6) is 0 Å². The minimum absolute atomic E-state index is 0.400. The third kappa shape index (κ3) is 9.82. The van der Waals surface area contributed by atoms with Gasteiger partial charge in [-0.25, -0.2) is 9.59 Å². The molecular formula is C22H34F2N4O12S2. The van der Waals surface area contributed by atoms with E-state index in [9.17, 15) is 58.6 Å². The van der Waals surface area contributed by atoms with E-state index >= 15 is 0 Å². The predicted octanol–water partition coefficient (Wildman–Crippen LogP) is -4.00. The second kappa shape index (κ2) is 17.7. The van der Waals surface area contributed by atoms with Crippen LogP contribution in [0.15, 0.2) is 31.6 Å². The lowest BCUT2D eigenvalue weighted by Gasteiger charge is -2.29. The molecule has 0 fully saturated rings. The molecule has 0 spiro atoms. The van der Waals surface area contributed by atoms with Gasteiger partial charge in [0.25, 0.3) is 11.1 Å². The first-order chi connectivity index (χ1) is 19.7. The van der Waals surface area contributed by atoms with Crippen LogP contribution in [0.1, 0.15) is 24.6 Å². The Balaban J connectivity index is 0.000000420. The van der Waals surface area contributed by atoms with E-state index in [0.29, 0.717) is 23.9 Å². The molecule has 2 rings (SSSR count). The summed E-state index contributed by atoms with van der Waals surface area (Å²) in [5, 5.41) is 73.4. The minimum Gasteiger partial charge on any atom is -0.394 e. The first kappa shape index (κ1) is 37.6. The van der Waals surface area contributed by atoms with Crippen LogP contribution in [-0.4, -0.2) is 121 Å². The quantitative estimate of drug-likeness (QED) is 0.0936. The van der Waals surface area contributed by atoms with E-state index in [1.54, 1.807) is 23.8 Å². The third-order valence-corrected chi connectivity index (χ3v) is 7.88. The van der Waals surface area contributed by atoms with Crippen molar-refractivity contribution in [2.75, 3.05) is 24.7 Å². The molecule has 0 aromatic carbocycles. The summed E-state index contributed by atoms with van der Waals surface area (Å²) in [5.74, 6) is -1.64. The first-order valence-electron chi connectivity index (χ1n) is 12.2. The highest BCUT2D eigenvalue weighted by molar-refractivity contribution is 7.99. The fourth-order valence-electron chi connectivity index (χ4n) is 3.34. The molecule has 0 bridgehead atoms. The summed E-state index contributed by atoms with van der Waals surface area (Å²) in [6.45, 7) is 1.81. The van der Waals surface area contributed by atoms with E-state index in [4.69, 9.17) is 10.2 Å². The molecule has 240 valence electrons. The summed E-state index contributed by atoms with van der Waals surface area (Å²) in [4.78, 5) is 48.9. The summed E-state index contributed by atoms with van der Waals surface area (Å²) in [6.07, 6.45) is -8.83. The molecule has 2 aromatic heterocycles. The van der Waals surface area contributed by atoms with E-state index in [-0.39, 0.29) is 0 Å². The van der Waals surface area contributed by atoms with E-state index in [0.717, 1.165) is 32.7 Å². The molecule has 8 atom stereocenters. The number of aromatic nitrogens is 4. The van der Waals surface area contributed by atoms with Gasteiger partial charge in [0, 0.05) is 0 Å². The second-order valence-corrected chi connectivity index (χ2v) is 11.2. The SMILES string of the molecule is CCSC(C(O)C(O)C(O)CO)n1cc(F)c(=O)[nH]c1=O.CCSC(C(O)C(O)C(O)CO)n1cc(F)c(=O)[nH]c1=O. The summed E-state index contributed by atoms with van der Waals surface area (Å²) < 4.78 is 28.1. The van der Waals surface area contributed by atoms with Gasteiger partial charge in [-0.1, -0.05) is 13.8 Å². The van der Waals surface area contributed by atoms with Crippen LogP contribution in [0.2, 0.25) is 0 Å². The highest BCUT2D eigenvalue weighted by Gasteiger charge is 2.34. The number of hydrogen-bond acceptors (Lipinski definition) is 14. The number of rotatable bonds is 14. The molecule has 0 saturated carbocycles. The van der Waals surface area contributed by atoms with Gasteiger partial charge in [0.05, 0.1) is 25.6 Å². The molecular weight excluding hydrogens is 614 g/mol. The molecule has 0 aliphatic heterocycles. The van der Waals surface area contributed by atoms with Crippen molar-refractivity contribution >= 4 is 23.5 Å². The van der Waals surface area contributed by atoms with Gasteiger partial charge in [-0.3, -0.25) is 28.7 Å². The van der Waals surface area contributed by atoms with Crippen molar-refractivity contribution < 1.29 is 49.6 Å². The monoisotopic (exact) mass is 648 g/mol. The fourth-order valence-corrected chi connectivity index (χ4v) is 5.37. The van der Waals surface area contributed by atoms with Crippen molar-refractivity contribution in [1.82, 2.24) is 19.1 Å². The van der Waals surface area contributed by atoms with Gasteiger partial charge >= 0.3 is 11.4 Å². The third-order valence-electron chi connectivity index (χ3n) is 5.52. The van der Waals surface area contributed by atoms with Gasteiger partial charge in [0.1, 0.15) is 47.4 Å². The molecule has 2 aromatic rings. The van der Waals surface area contributed by atoms with Crippen LogP contribution in [0.25, 0.3) is 0 Å². The summed E-state index contributed by atoms with van der Waals surface area (Å²) in [5.41, 5.74) is -4.31. The summed E-state index contributed by atoms with van der Waals surface area (Å²) >= 11 is 1.99. The Morgan fingerprint density at radius 2 is 0.976 bits per heavy atom. The minimum atomic E-state index is -1.75. The number of nitrogens with one attached hydrogen (secondary N) is 2. The Morgan fingerprint density at radius 3 is 1.24 bits per heavy atom. The lowest BCUT2D eigenvalue weighted by molar-refractivity contribution is -0.0821.